The Morgan fingerprint density at radius 1 is 0.506 bits per heavy atom. The number of hydrogen-bond donors (Lipinski definition) is 6. The summed E-state index contributed by atoms with van der Waals surface area (Å²) in [5, 5.41) is 57.0. The van der Waals surface area contributed by atoms with E-state index < -0.39 is 67.4 Å². The van der Waals surface area contributed by atoms with Crippen molar-refractivity contribution in [3.8, 4) is 0 Å². The Labute approximate surface area is 494 Å². The lowest BCUT2D eigenvalue weighted by Crippen LogP contribution is -2.61. The van der Waals surface area contributed by atoms with Crippen LogP contribution >= 0.6 is 0 Å². The summed E-state index contributed by atoms with van der Waals surface area (Å²) in [7, 11) is 0. The average Bonchev–Trinajstić information content (AvgIpc) is 3.47. The minimum absolute atomic E-state index is 0.112. The number of carbonyl (C=O) groups excluding carboxylic acids is 2. The molecule has 0 aromatic rings. The zero-order valence-electron chi connectivity index (χ0n) is 51.4. The molecule has 8 unspecified atom stereocenters. The number of unbranched alkanes of at least 4 members (excludes halogenated alkanes) is 29. The minimum atomic E-state index is -1.63. The van der Waals surface area contributed by atoms with Crippen LogP contribution in [0.25, 0.3) is 0 Å². The number of rotatable bonds is 54. The zero-order valence-corrected chi connectivity index (χ0v) is 51.4. The predicted molar refractivity (Wildman–Crippen MR) is 338 cm³/mol. The second-order valence-corrected chi connectivity index (χ2v) is 22.3. The molecule has 1 aliphatic rings. The predicted octanol–water partition coefficient (Wildman–Crippen LogP) is 16.1. The Morgan fingerprint density at radius 3 is 1.46 bits per heavy atom. The third kappa shape index (κ3) is 44.5. The minimum Gasteiger partial charge on any atom is -0.454 e. The molecule has 0 aliphatic carbocycles. The molecule has 11 nitrogen and oxygen atoms in total. The van der Waals surface area contributed by atoms with E-state index in [4.69, 9.17) is 14.2 Å². The number of carbonyl (C=O) groups is 2. The average molecular weight is 1130 g/mol. The van der Waals surface area contributed by atoms with Crippen LogP contribution in [-0.4, -0.2) is 99.6 Å². The SMILES string of the molecule is CC\C=C/C=C/C=C/C=C\C=C\C=C\CCCCC(O)C(=O)NC(COC1OC(CO)C(O)C(O)C1OC(=O)CCCCCCCCCCCCCCC/C=C\C/C=C\CCCCC)C(O)/C=C/CCCCCCCCCCCCC. The fourth-order valence-corrected chi connectivity index (χ4v) is 9.65. The molecule has 0 spiro atoms. The van der Waals surface area contributed by atoms with Gasteiger partial charge in [0.15, 0.2) is 12.4 Å². The summed E-state index contributed by atoms with van der Waals surface area (Å²) < 4.78 is 17.6. The quantitative estimate of drug-likeness (QED) is 0.0149. The van der Waals surface area contributed by atoms with E-state index in [1.165, 1.54) is 141 Å². The van der Waals surface area contributed by atoms with Crippen molar-refractivity contribution < 1.29 is 49.3 Å². The van der Waals surface area contributed by atoms with E-state index in [2.05, 4.69) is 56.5 Å². The molecule has 0 bridgehead atoms. The summed E-state index contributed by atoms with van der Waals surface area (Å²) in [6, 6.07) is -1.05. The fourth-order valence-electron chi connectivity index (χ4n) is 9.65. The van der Waals surface area contributed by atoms with Gasteiger partial charge in [0.25, 0.3) is 0 Å². The molecular weight excluding hydrogens is 1010 g/mol. The van der Waals surface area contributed by atoms with Gasteiger partial charge < -0.3 is 45.1 Å². The van der Waals surface area contributed by atoms with Crippen LogP contribution in [0.5, 0.6) is 0 Å². The van der Waals surface area contributed by atoms with Gasteiger partial charge in [0.1, 0.15) is 24.4 Å². The third-order valence-electron chi connectivity index (χ3n) is 14.8. The second-order valence-electron chi connectivity index (χ2n) is 22.3. The van der Waals surface area contributed by atoms with E-state index >= 15 is 0 Å². The number of aliphatic hydroxyl groups excluding tert-OH is 5. The van der Waals surface area contributed by atoms with Gasteiger partial charge in [-0.25, -0.2) is 0 Å². The van der Waals surface area contributed by atoms with Gasteiger partial charge in [-0.3, -0.25) is 9.59 Å². The van der Waals surface area contributed by atoms with E-state index in [-0.39, 0.29) is 19.4 Å². The third-order valence-corrected chi connectivity index (χ3v) is 14.8. The van der Waals surface area contributed by atoms with Gasteiger partial charge in [0.05, 0.1) is 25.4 Å². The van der Waals surface area contributed by atoms with Crippen LogP contribution in [0, 0.1) is 0 Å². The number of allylic oxidation sites excluding steroid dienone is 17. The van der Waals surface area contributed by atoms with Gasteiger partial charge in [-0.05, 0) is 77.0 Å². The van der Waals surface area contributed by atoms with Crippen molar-refractivity contribution in [1.29, 1.82) is 0 Å². The van der Waals surface area contributed by atoms with E-state index in [1.807, 2.05) is 72.9 Å². The number of esters is 1. The topological polar surface area (TPSA) is 175 Å². The summed E-state index contributed by atoms with van der Waals surface area (Å²) in [6.45, 7) is 5.60. The molecule has 0 aromatic carbocycles. The molecular formula is C70H119NO10. The molecule has 8 atom stereocenters. The van der Waals surface area contributed by atoms with Gasteiger partial charge in [-0.15, -0.1) is 0 Å². The number of hydrogen-bond acceptors (Lipinski definition) is 10. The Balaban J connectivity index is 2.66. The number of amides is 1. The molecule has 81 heavy (non-hydrogen) atoms. The summed E-state index contributed by atoms with van der Waals surface area (Å²) in [6.07, 6.45) is 66.9. The van der Waals surface area contributed by atoms with Gasteiger partial charge in [0.2, 0.25) is 5.91 Å². The molecule has 464 valence electrons. The maximum absolute atomic E-state index is 13.4. The van der Waals surface area contributed by atoms with Crippen LogP contribution in [-0.2, 0) is 23.8 Å². The highest BCUT2D eigenvalue weighted by molar-refractivity contribution is 5.80. The first-order valence-electron chi connectivity index (χ1n) is 32.7. The number of nitrogens with one attached hydrogen (secondary N) is 1. The molecule has 1 heterocycles. The van der Waals surface area contributed by atoms with Crippen LogP contribution in [0.2, 0.25) is 0 Å². The van der Waals surface area contributed by atoms with Gasteiger partial charge >= 0.3 is 5.97 Å². The first kappa shape index (κ1) is 75.3. The highest BCUT2D eigenvalue weighted by Gasteiger charge is 2.47. The lowest BCUT2D eigenvalue weighted by Gasteiger charge is -2.41. The smallest absolute Gasteiger partial charge is 0.306 e. The standard InChI is InChI=1S/C70H119NO10/c1-4-7-10-13-16-19-22-25-27-29-30-31-32-33-34-35-37-40-43-46-49-52-55-58-65(75)81-68-67(77)66(76)64(59-72)80-70(68)79-60-61(62(73)56-53-50-47-44-41-38-24-21-18-15-12-9-6-3)71-69(78)63(74)57-54-51-48-45-42-39-36-28-26-23-20-17-14-11-8-5-2/h8,11,14,16-17,19-20,23,25-28,36,39,42,45,53,56,61-64,66-68,70,72-74,76-77H,4-7,9-10,12-13,15,18,21-22,24,29-35,37-38,40-41,43-44,46-52,54-55,57-60H2,1-3H3,(H,71,78)/b11-8-,17-14+,19-16-,23-20+,27-25-,28-26-,39-36+,45-42+,56-53+. The van der Waals surface area contributed by atoms with E-state index in [9.17, 15) is 35.1 Å². The van der Waals surface area contributed by atoms with Crippen molar-refractivity contribution in [2.45, 2.75) is 307 Å². The molecule has 0 saturated carbocycles. The highest BCUT2D eigenvalue weighted by Crippen LogP contribution is 2.26. The highest BCUT2D eigenvalue weighted by atomic mass is 16.7. The first-order valence-corrected chi connectivity index (χ1v) is 32.7. The first-order chi connectivity index (χ1) is 39.7. The molecule has 1 amide bonds. The Morgan fingerprint density at radius 2 is 0.938 bits per heavy atom. The van der Waals surface area contributed by atoms with Crippen molar-refractivity contribution in [2.75, 3.05) is 13.2 Å². The number of aliphatic hydroxyl groups is 5. The maximum Gasteiger partial charge on any atom is 0.306 e. The van der Waals surface area contributed by atoms with Gasteiger partial charge in [-0.2, -0.15) is 0 Å². The van der Waals surface area contributed by atoms with E-state index in [0.29, 0.717) is 12.8 Å². The van der Waals surface area contributed by atoms with Crippen LogP contribution in [0.4, 0.5) is 0 Å². The molecule has 0 aromatic heterocycles. The zero-order chi connectivity index (χ0) is 58.9. The lowest BCUT2D eigenvalue weighted by molar-refractivity contribution is -0.305. The summed E-state index contributed by atoms with van der Waals surface area (Å²) in [4.78, 5) is 26.6. The Bertz CT molecular complexity index is 1730. The normalized spacial score (nSPS) is 19.4. The largest absolute Gasteiger partial charge is 0.454 e. The van der Waals surface area contributed by atoms with E-state index in [1.54, 1.807) is 6.08 Å². The van der Waals surface area contributed by atoms with Crippen LogP contribution in [0.3, 0.4) is 0 Å². The molecule has 6 N–H and O–H groups in total. The molecule has 1 aliphatic heterocycles. The number of ether oxygens (including phenoxy) is 3. The van der Waals surface area contributed by atoms with Crippen molar-refractivity contribution >= 4 is 11.9 Å². The summed E-state index contributed by atoms with van der Waals surface area (Å²) in [5.74, 6) is -1.24. The lowest BCUT2D eigenvalue weighted by atomic mass is 9.99. The van der Waals surface area contributed by atoms with Crippen molar-refractivity contribution in [3.63, 3.8) is 0 Å². The molecule has 0 radical (unpaired) electrons. The molecule has 1 fully saturated rings. The molecule has 1 saturated heterocycles. The fraction of sp³-hybridized carbons (Fsp3) is 0.714. The molecule has 1 rings (SSSR count). The summed E-state index contributed by atoms with van der Waals surface area (Å²) in [5.41, 5.74) is 0. The van der Waals surface area contributed by atoms with Crippen molar-refractivity contribution in [3.05, 3.63) is 109 Å². The van der Waals surface area contributed by atoms with Gasteiger partial charge in [-0.1, -0.05) is 284 Å². The van der Waals surface area contributed by atoms with Crippen LogP contribution < -0.4 is 5.32 Å². The van der Waals surface area contributed by atoms with Gasteiger partial charge in [0, 0.05) is 6.42 Å². The molecule has 11 heteroatoms. The van der Waals surface area contributed by atoms with Crippen LogP contribution in [0.1, 0.15) is 258 Å². The monoisotopic (exact) mass is 1130 g/mol. The maximum atomic E-state index is 13.4. The van der Waals surface area contributed by atoms with Crippen molar-refractivity contribution in [2.24, 2.45) is 0 Å². The van der Waals surface area contributed by atoms with E-state index in [0.717, 1.165) is 70.6 Å². The van der Waals surface area contributed by atoms with Crippen molar-refractivity contribution in [1.82, 2.24) is 5.32 Å². The second kappa shape index (κ2) is 56.8. The Hall–Kier alpha value is -3.68. The van der Waals surface area contributed by atoms with Crippen LogP contribution in [0.15, 0.2) is 109 Å². The Kier molecular flexibility index (Phi) is 52.8. The summed E-state index contributed by atoms with van der Waals surface area (Å²) >= 11 is 0.